The number of fused-ring (bicyclic) bond motifs is 1. The fourth-order valence-corrected chi connectivity index (χ4v) is 3.33. The van der Waals surface area contributed by atoms with Gasteiger partial charge in [0.15, 0.2) is 0 Å². The monoisotopic (exact) mass is 388 g/mol. The third-order valence-electron chi connectivity index (χ3n) is 4.65. The molecular formula is C23H17ClN2O2. The molecule has 0 spiro atoms. The number of nitrogens with one attached hydrogen (secondary N) is 1. The number of nitrogens with zero attached hydrogens (tertiary/aromatic N) is 1. The first-order valence-electron chi connectivity index (χ1n) is 8.82. The Balaban J connectivity index is 1.79. The average molecular weight is 389 g/mol. The molecule has 4 aromatic rings. The molecule has 4 rings (SSSR count). The van der Waals surface area contributed by atoms with E-state index >= 15 is 0 Å². The van der Waals surface area contributed by atoms with Crippen molar-refractivity contribution < 1.29 is 9.59 Å². The average Bonchev–Trinajstić information content (AvgIpc) is 3.09. The number of aryl methyl sites for hydroxylation is 1. The number of Topliss-reactive ketones (excluding diaryl/α,β-unsaturated/α-hetero) is 1. The van der Waals surface area contributed by atoms with Crippen LogP contribution >= 0.6 is 11.6 Å². The smallest absolute Gasteiger partial charge is 0.298 e. The molecule has 0 aliphatic carbocycles. The number of pyridine rings is 1. The normalized spacial score (nSPS) is 10.8. The number of anilines is 1. The molecule has 0 saturated heterocycles. The van der Waals surface area contributed by atoms with Gasteiger partial charge in [0.05, 0.1) is 0 Å². The molecule has 2 aromatic carbocycles. The Hall–Kier alpha value is -3.37. The summed E-state index contributed by atoms with van der Waals surface area (Å²) in [4.78, 5) is 25.9. The second-order valence-electron chi connectivity index (χ2n) is 6.51. The van der Waals surface area contributed by atoms with Crippen molar-refractivity contribution in [2.24, 2.45) is 0 Å². The fraction of sp³-hybridized carbons (Fsp3) is 0.0435. The molecule has 0 atom stereocenters. The first-order valence-corrected chi connectivity index (χ1v) is 9.20. The van der Waals surface area contributed by atoms with E-state index in [0.717, 1.165) is 16.6 Å². The summed E-state index contributed by atoms with van der Waals surface area (Å²) in [6.45, 7) is 1.88. The Labute approximate surface area is 167 Å². The van der Waals surface area contributed by atoms with Crippen molar-refractivity contribution in [2.75, 3.05) is 5.32 Å². The number of hydrogen-bond donors (Lipinski definition) is 1. The Kier molecular flexibility index (Phi) is 4.72. The number of carbonyl (C=O) groups excluding carboxylic acids is 2. The molecule has 1 N–H and O–H groups in total. The fourth-order valence-electron chi connectivity index (χ4n) is 3.20. The van der Waals surface area contributed by atoms with Crippen molar-refractivity contribution >= 4 is 34.5 Å². The van der Waals surface area contributed by atoms with Crippen molar-refractivity contribution in [3.63, 3.8) is 0 Å². The van der Waals surface area contributed by atoms with Crippen LogP contribution in [0.3, 0.4) is 0 Å². The number of benzene rings is 2. The van der Waals surface area contributed by atoms with E-state index in [4.69, 9.17) is 11.6 Å². The molecule has 5 heteroatoms. The maximum absolute atomic E-state index is 13.1. The largest absolute Gasteiger partial charge is 0.319 e. The lowest BCUT2D eigenvalue weighted by atomic mass is 10.0. The number of hydrogen-bond acceptors (Lipinski definition) is 2. The minimum Gasteiger partial charge on any atom is -0.319 e. The van der Waals surface area contributed by atoms with Gasteiger partial charge in [-0.2, -0.15) is 0 Å². The van der Waals surface area contributed by atoms with Gasteiger partial charge in [-0.1, -0.05) is 48.0 Å². The van der Waals surface area contributed by atoms with E-state index in [1.54, 1.807) is 28.8 Å². The van der Waals surface area contributed by atoms with Crippen molar-refractivity contribution in [3.05, 3.63) is 95.3 Å². The van der Waals surface area contributed by atoms with Crippen LogP contribution in [0.4, 0.5) is 5.69 Å². The maximum atomic E-state index is 13.1. The van der Waals surface area contributed by atoms with Gasteiger partial charge >= 0.3 is 0 Å². The molecule has 138 valence electrons. The van der Waals surface area contributed by atoms with E-state index in [-0.39, 0.29) is 0 Å². The lowest BCUT2D eigenvalue weighted by Gasteiger charge is -2.09. The number of ketones is 1. The summed E-state index contributed by atoms with van der Waals surface area (Å²) in [7, 11) is 0. The maximum Gasteiger partial charge on any atom is 0.298 e. The summed E-state index contributed by atoms with van der Waals surface area (Å²) < 4.78 is 1.74. The zero-order valence-electron chi connectivity index (χ0n) is 15.1. The van der Waals surface area contributed by atoms with Crippen molar-refractivity contribution in [3.8, 4) is 11.1 Å². The Morgan fingerprint density at radius 2 is 1.64 bits per heavy atom. The van der Waals surface area contributed by atoms with Crippen molar-refractivity contribution in [1.82, 2.24) is 4.40 Å². The van der Waals surface area contributed by atoms with E-state index in [0.29, 0.717) is 22.0 Å². The molecule has 0 radical (unpaired) electrons. The van der Waals surface area contributed by atoms with Crippen molar-refractivity contribution in [2.45, 2.75) is 6.92 Å². The van der Waals surface area contributed by atoms with E-state index in [2.05, 4.69) is 5.32 Å². The third-order valence-corrected chi connectivity index (χ3v) is 4.90. The zero-order valence-corrected chi connectivity index (χ0v) is 15.9. The van der Waals surface area contributed by atoms with Crippen LogP contribution in [0.1, 0.15) is 16.1 Å². The molecule has 0 unspecified atom stereocenters. The van der Waals surface area contributed by atoms with Gasteiger partial charge in [0.2, 0.25) is 0 Å². The van der Waals surface area contributed by atoms with Gasteiger partial charge in [0.25, 0.3) is 11.7 Å². The first-order chi connectivity index (χ1) is 13.5. The molecular weight excluding hydrogens is 372 g/mol. The number of aromatic nitrogens is 1. The lowest BCUT2D eigenvalue weighted by Crippen LogP contribution is -2.25. The van der Waals surface area contributed by atoms with Gasteiger partial charge in [-0.05, 0) is 54.4 Å². The van der Waals surface area contributed by atoms with Crippen LogP contribution in [-0.2, 0) is 4.79 Å². The number of rotatable bonds is 4. The first kappa shape index (κ1) is 18.0. The van der Waals surface area contributed by atoms with E-state index in [1.807, 2.05) is 61.5 Å². The SMILES string of the molecule is Cc1ccccc1NC(=O)C(=O)c1c(-c2ccc(Cl)cc2)cc2ccccn12. The third kappa shape index (κ3) is 3.30. The molecule has 0 aliphatic rings. The van der Waals surface area contributed by atoms with Crippen LogP contribution in [0.15, 0.2) is 79.0 Å². The zero-order chi connectivity index (χ0) is 19.7. The topological polar surface area (TPSA) is 50.6 Å². The highest BCUT2D eigenvalue weighted by Crippen LogP contribution is 2.29. The minimum atomic E-state index is -0.673. The molecule has 0 fully saturated rings. The second kappa shape index (κ2) is 7.33. The molecule has 2 heterocycles. The molecule has 0 saturated carbocycles. The predicted molar refractivity (Wildman–Crippen MR) is 112 cm³/mol. The summed E-state index contributed by atoms with van der Waals surface area (Å²) >= 11 is 6.00. The standard InChI is InChI=1S/C23H17ClN2O2/c1-15-6-2-3-8-20(15)25-23(28)22(27)21-19(16-9-11-17(24)12-10-16)14-18-7-4-5-13-26(18)21/h2-14H,1H3,(H,25,28). The summed E-state index contributed by atoms with van der Waals surface area (Å²) in [5, 5.41) is 3.34. The highest BCUT2D eigenvalue weighted by molar-refractivity contribution is 6.47. The van der Waals surface area contributed by atoms with E-state index in [9.17, 15) is 9.59 Å². The molecule has 0 bridgehead atoms. The van der Waals surface area contributed by atoms with Crippen LogP contribution in [0.25, 0.3) is 16.6 Å². The molecule has 28 heavy (non-hydrogen) atoms. The van der Waals surface area contributed by atoms with Crippen LogP contribution in [0.5, 0.6) is 0 Å². The molecule has 1 amide bonds. The highest BCUT2D eigenvalue weighted by Gasteiger charge is 2.25. The van der Waals surface area contributed by atoms with Gasteiger partial charge < -0.3 is 9.72 Å². The van der Waals surface area contributed by atoms with Crippen LogP contribution < -0.4 is 5.32 Å². The van der Waals surface area contributed by atoms with Crippen LogP contribution in [0, 0.1) is 6.92 Å². The number of halogens is 1. The summed E-state index contributed by atoms with van der Waals surface area (Å²) in [5.41, 5.74) is 4.17. The van der Waals surface area contributed by atoms with Gasteiger partial charge in [-0.25, -0.2) is 0 Å². The van der Waals surface area contributed by atoms with Gasteiger partial charge in [0.1, 0.15) is 5.69 Å². The Bertz CT molecular complexity index is 1190. The summed E-state index contributed by atoms with van der Waals surface area (Å²) in [6.07, 6.45) is 1.78. The van der Waals surface area contributed by atoms with E-state index < -0.39 is 11.7 Å². The number of para-hydroxylation sites is 1. The Morgan fingerprint density at radius 3 is 2.39 bits per heavy atom. The quantitative estimate of drug-likeness (QED) is 0.376. The highest BCUT2D eigenvalue weighted by atomic mass is 35.5. The molecule has 4 nitrogen and oxygen atoms in total. The number of amides is 1. The van der Waals surface area contributed by atoms with Gasteiger partial charge in [0, 0.05) is 28.0 Å². The van der Waals surface area contributed by atoms with Gasteiger partial charge in [-0.3, -0.25) is 9.59 Å². The summed E-state index contributed by atoms with van der Waals surface area (Å²) in [5.74, 6) is -1.27. The minimum absolute atomic E-state index is 0.323. The lowest BCUT2D eigenvalue weighted by molar-refractivity contribution is -0.112. The Morgan fingerprint density at radius 1 is 0.929 bits per heavy atom. The van der Waals surface area contributed by atoms with E-state index in [1.165, 1.54) is 0 Å². The predicted octanol–water partition coefficient (Wildman–Crippen LogP) is 5.39. The molecule has 0 aliphatic heterocycles. The summed E-state index contributed by atoms with van der Waals surface area (Å²) in [6, 6.07) is 22.1. The number of carbonyl (C=O) groups is 2. The molecule has 2 aromatic heterocycles. The second-order valence-corrected chi connectivity index (χ2v) is 6.94. The van der Waals surface area contributed by atoms with Crippen LogP contribution in [-0.4, -0.2) is 16.1 Å². The van der Waals surface area contributed by atoms with Crippen LogP contribution in [0.2, 0.25) is 5.02 Å². The van der Waals surface area contributed by atoms with Crippen molar-refractivity contribution in [1.29, 1.82) is 0 Å². The van der Waals surface area contributed by atoms with Gasteiger partial charge in [-0.15, -0.1) is 0 Å².